The molecule has 0 radical (unpaired) electrons. The fraction of sp³-hybridized carbons (Fsp3) is 0.154. The van der Waals surface area contributed by atoms with Gasteiger partial charge < -0.3 is 15.0 Å². The highest BCUT2D eigenvalue weighted by Gasteiger charge is 2.41. The van der Waals surface area contributed by atoms with Gasteiger partial charge in [-0.15, -0.1) is 0 Å². The van der Waals surface area contributed by atoms with Gasteiger partial charge in [0.25, 0.3) is 0 Å². The number of nitrogens with zero attached hydrogens (tertiary/aromatic N) is 4. The predicted molar refractivity (Wildman–Crippen MR) is 136 cm³/mol. The highest BCUT2D eigenvalue weighted by Crippen LogP contribution is 2.51. The smallest absolute Gasteiger partial charge is 0.226 e. The molecule has 3 aromatic carbocycles. The van der Waals surface area contributed by atoms with Crippen LogP contribution in [0.25, 0.3) is 5.70 Å². The zero-order chi connectivity index (χ0) is 23.4. The van der Waals surface area contributed by atoms with Gasteiger partial charge in [-0.1, -0.05) is 53.5 Å². The predicted octanol–water partition coefficient (Wildman–Crippen LogP) is 6.21. The first-order valence-corrected chi connectivity index (χ1v) is 11.7. The molecule has 6 nitrogen and oxygen atoms in total. The maximum Gasteiger partial charge on any atom is 0.226 e. The number of hydrogen-bond acceptors (Lipinski definition) is 5. The summed E-state index contributed by atoms with van der Waals surface area (Å²) >= 11 is 13.0. The second kappa shape index (κ2) is 8.08. The van der Waals surface area contributed by atoms with Gasteiger partial charge in [-0.3, -0.25) is 0 Å². The minimum atomic E-state index is -0.359. The molecule has 1 aromatic heterocycles. The van der Waals surface area contributed by atoms with Gasteiger partial charge in [0.1, 0.15) is 24.2 Å². The standard InChI is InChI=1S/C26H21Cl2N5O/c1-32(2)17-10-7-15(8-11-17)25-22-23(19-5-3-4-6-21(19)34-25)31-26-29-14-30-33(26)24(22)18-12-9-16(27)13-20(18)28/h3-14,24-25H,1-2H3,(H,29,30,31). The van der Waals surface area contributed by atoms with Crippen LogP contribution in [0.2, 0.25) is 10.0 Å². The van der Waals surface area contributed by atoms with Crippen molar-refractivity contribution < 1.29 is 4.74 Å². The lowest BCUT2D eigenvalue weighted by Crippen LogP contribution is -2.32. The third kappa shape index (κ3) is 3.33. The van der Waals surface area contributed by atoms with E-state index in [0.717, 1.165) is 39.4 Å². The van der Waals surface area contributed by atoms with E-state index < -0.39 is 0 Å². The molecule has 0 bridgehead atoms. The van der Waals surface area contributed by atoms with Gasteiger partial charge in [0, 0.05) is 41.0 Å². The van der Waals surface area contributed by atoms with E-state index in [9.17, 15) is 0 Å². The first-order chi connectivity index (χ1) is 16.5. The molecule has 0 aliphatic carbocycles. The molecule has 8 heteroatoms. The molecule has 2 aliphatic rings. The quantitative estimate of drug-likeness (QED) is 0.370. The first kappa shape index (κ1) is 21.1. The fourth-order valence-corrected chi connectivity index (χ4v) is 5.17. The molecule has 2 aliphatic heterocycles. The average Bonchev–Trinajstić information content (AvgIpc) is 3.31. The molecule has 2 atom stereocenters. The van der Waals surface area contributed by atoms with Crippen molar-refractivity contribution in [2.75, 3.05) is 24.3 Å². The molecule has 0 saturated carbocycles. The van der Waals surface area contributed by atoms with Gasteiger partial charge in [-0.25, -0.2) is 4.68 Å². The van der Waals surface area contributed by atoms with E-state index in [1.807, 2.05) is 49.1 Å². The van der Waals surface area contributed by atoms with Crippen molar-refractivity contribution in [1.29, 1.82) is 0 Å². The third-order valence-corrected chi connectivity index (χ3v) is 6.85. The third-order valence-electron chi connectivity index (χ3n) is 6.29. The number of anilines is 2. The lowest BCUT2D eigenvalue weighted by molar-refractivity contribution is 0.223. The topological polar surface area (TPSA) is 55.2 Å². The van der Waals surface area contributed by atoms with E-state index in [0.29, 0.717) is 16.0 Å². The first-order valence-electron chi connectivity index (χ1n) is 10.9. The maximum absolute atomic E-state index is 6.74. The Balaban J connectivity index is 1.60. The maximum atomic E-state index is 6.74. The number of benzene rings is 3. The van der Waals surface area contributed by atoms with E-state index in [1.54, 1.807) is 12.4 Å². The molecule has 2 unspecified atom stereocenters. The summed E-state index contributed by atoms with van der Waals surface area (Å²) in [4.78, 5) is 6.54. The van der Waals surface area contributed by atoms with E-state index in [-0.39, 0.29) is 12.1 Å². The molecule has 6 rings (SSSR count). The van der Waals surface area contributed by atoms with Gasteiger partial charge in [-0.05, 0) is 47.5 Å². The Morgan fingerprint density at radius 3 is 2.56 bits per heavy atom. The number of nitrogens with one attached hydrogen (secondary N) is 1. The van der Waals surface area contributed by atoms with Crippen molar-refractivity contribution in [2.24, 2.45) is 0 Å². The van der Waals surface area contributed by atoms with Gasteiger partial charge in [0.2, 0.25) is 5.95 Å². The Kier molecular flexibility index (Phi) is 5.01. The van der Waals surface area contributed by atoms with Crippen molar-refractivity contribution >= 4 is 40.5 Å². The van der Waals surface area contributed by atoms with Crippen LogP contribution >= 0.6 is 23.2 Å². The van der Waals surface area contributed by atoms with Gasteiger partial charge in [-0.2, -0.15) is 10.1 Å². The molecule has 4 aromatic rings. The molecule has 1 N–H and O–H groups in total. The zero-order valence-corrected chi connectivity index (χ0v) is 20.0. The summed E-state index contributed by atoms with van der Waals surface area (Å²) in [7, 11) is 4.05. The summed E-state index contributed by atoms with van der Waals surface area (Å²) < 4.78 is 8.51. The summed E-state index contributed by atoms with van der Waals surface area (Å²) in [5.74, 6) is 1.46. The van der Waals surface area contributed by atoms with Crippen molar-refractivity contribution in [1.82, 2.24) is 14.8 Å². The minimum Gasteiger partial charge on any atom is -0.480 e. The summed E-state index contributed by atoms with van der Waals surface area (Å²) in [6.45, 7) is 0. The zero-order valence-electron chi connectivity index (χ0n) is 18.5. The summed E-state index contributed by atoms with van der Waals surface area (Å²) in [5, 5.41) is 9.20. The fourth-order valence-electron chi connectivity index (χ4n) is 4.66. The molecule has 0 spiro atoms. The van der Waals surface area contributed by atoms with Crippen molar-refractivity contribution in [3.63, 3.8) is 0 Å². The highest BCUT2D eigenvalue weighted by atomic mass is 35.5. The van der Waals surface area contributed by atoms with Gasteiger partial charge >= 0.3 is 0 Å². The number of fused-ring (bicyclic) bond motifs is 3. The van der Waals surface area contributed by atoms with Crippen molar-refractivity contribution in [3.8, 4) is 5.75 Å². The molecule has 34 heavy (non-hydrogen) atoms. The second-order valence-electron chi connectivity index (χ2n) is 8.53. The molecule has 0 fully saturated rings. The Morgan fingerprint density at radius 2 is 1.79 bits per heavy atom. The normalized spacial score (nSPS) is 18.4. The molecule has 3 heterocycles. The summed E-state index contributed by atoms with van der Waals surface area (Å²) in [5.41, 5.74) is 5.98. The number of ether oxygens (including phenoxy) is 1. The van der Waals surface area contributed by atoms with Gasteiger partial charge in [0.15, 0.2) is 0 Å². The van der Waals surface area contributed by atoms with Crippen LogP contribution in [0.1, 0.15) is 28.8 Å². The number of hydrogen-bond donors (Lipinski definition) is 1. The molecular formula is C26H21Cl2N5O. The lowest BCUT2D eigenvalue weighted by Gasteiger charge is -2.39. The molecule has 0 amide bonds. The SMILES string of the molecule is CN(C)c1ccc(C2Oc3ccccc3C3=C2C(c2ccc(Cl)cc2Cl)n2ncnc2N3)cc1. The molecular weight excluding hydrogens is 469 g/mol. The summed E-state index contributed by atoms with van der Waals surface area (Å²) in [6.07, 6.45) is 1.19. The van der Waals surface area contributed by atoms with Crippen molar-refractivity contribution in [3.05, 3.63) is 105 Å². The van der Waals surface area contributed by atoms with Crippen molar-refractivity contribution in [2.45, 2.75) is 12.1 Å². The van der Waals surface area contributed by atoms with Crippen LogP contribution in [0, 0.1) is 0 Å². The Morgan fingerprint density at radius 1 is 1.00 bits per heavy atom. The molecule has 0 saturated heterocycles. The Labute approximate surface area is 207 Å². The monoisotopic (exact) mass is 489 g/mol. The largest absolute Gasteiger partial charge is 0.480 e. The highest BCUT2D eigenvalue weighted by molar-refractivity contribution is 6.35. The minimum absolute atomic E-state index is 0.328. The van der Waals surface area contributed by atoms with Crippen LogP contribution in [0.15, 0.2) is 78.6 Å². The van der Waals surface area contributed by atoms with Crippen LogP contribution in [0.4, 0.5) is 11.6 Å². The van der Waals surface area contributed by atoms with Crippen LogP contribution in [-0.4, -0.2) is 28.9 Å². The van der Waals surface area contributed by atoms with E-state index in [4.69, 9.17) is 27.9 Å². The summed E-state index contributed by atoms with van der Waals surface area (Å²) in [6, 6.07) is 21.7. The Hall–Kier alpha value is -3.48. The number of halogens is 2. The van der Waals surface area contributed by atoms with E-state index in [2.05, 4.69) is 50.6 Å². The van der Waals surface area contributed by atoms with Gasteiger partial charge in [0.05, 0.1) is 5.70 Å². The van der Waals surface area contributed by atoms with Crippen LogP contribution in [0.5, 0.6) is 5.75 Å². The van der Waals surface area contributed by atoms with Crippen LogP contribution in [-0.2, 0) is 0 Å². The van der Waals surface area contributed by atoms with E-state index in [1.165, 1.54) is 0 Å². The number of rotatable bonds is 3. The van der Waals surface area contributed by atoms with Crippen LogP contribution < -0.4 is 15.0 Å². The number of aromatic nitrogens is 3. The van der Waals surface area contributed by atoms with Crippen LogP contribution in [0.3, 0.4) is 0 Å². The molecule has 170 valence electrons. The Bertz CT molecular complexity index is 1430. The average molecular weight is 490 g/mol. The second-order valence-corrected chi connectivity index (χ2v) is 9.38. The lowest BCUT2D eigenvalue weighted by atomic mass is 9.84. The van der Waals surface area contributed by atoms with E-state index >= 15 is 0 Å². The number of para-hydroxylation sites is 1.